The molecular weight excluding hydrogens is 280 g/mol. The van der Waals surface area contributed by atoms with Gasteiger partial charge in [0.05, 0.1) is 18.2 Å². The number of nitriles is 1. The Kier molecular flexibility index (Phi) is 6.19. The zero-order valence-corrected chi connectivity index (χ0v) is 12.6. The van der Waals surface area contributed by atoms with Crippen molar-refractivity contribution in [2.75, 3.05) is 38.1 Å². The summed E-state index contributed by atoms with van der Waals surface area (Å²) < 4.78 is 0. The van der Waals surface area contributed by atoms with E-state index in [9.17, 15) is 4.79 Å². The summed E-state index contributed by atoms with van der Waals surface area (Å²) in [7, 11) is 0. The van der Waals surface area contributed by atoms with E-state index in [1.54, 1.807) is 24.3 Å². The number of β-amino-alcohol motifs (C(OH)–C–C–N with tert-alkyl or cyclic N) is 1. The van der Waals surface area contributed by atoms with Crippen molar-refractivity contribution < 1.29 is 9.90 Å². The van der Waals surface area contributed by atoms with E-state index in [2.05, 4.69) is 15.5 Å². The van der Waals surface area contributed by atoms with Crippen LogP contribution < -0.4 is 10.6 Å². The molecule has 1 saturated heterocycles. The van der Waals surface area contributed by atoms with Crippen molar-refractivity contribution in [3.8, 4) is 6.07 Å². The fourth-order valence-electron chi connectivity index (χ4n) is 2.60. The fraction of sp³-hybridized carbons (Fsp3) is 0.500. The highest BCUT2D eigenvalue weighted by Crippen LogP contribution is 2.16. The first-order chi connectivity index (χ1) is 10.7. The molecule has 118 valence electrons. The Bertz CT molecular complexity index is 516. The maximum atomic E-state index is 11.8. The Morgan fingerprint density at radius 2 is 2.00 bits per heavy atom. The van der Waals surface area contributed by atoms with E-state index >= 15 is 0 Å². The predicted octanol–water partition coefficient (Wildman–Crippen LogP) is 1.38. The molecule has 0 bridgehead atoms. The van der Waals surface area contributed by atoms with Crippen LogP contribution in [0, 0.1) is 17.2 Å². The van der Waals surface area contributed by atoms with Gasteiger partial charge >= 0.3 is 6.03 Å². The van der Waals surface area contributed by atoms with E-state index in [1.165, 1.54) is 0 Å². The number of urea groups is 1. The Morgan fingerprint density at radius 3 is 2.59 bits per heavy atom. The molecule has 0 aromatic heterocycles. The topological polar surface area (TPSA) is 88.4 Å². The minimum absolute atomic E-state index is 0.204. The summed E-state index contributed by atoms with van der Waals surface area (Å²) in [5, 5.41) is 23.3. The van der Waals surface area contributed by atoms with Crippen LogP contribution in [0.15, 0.2) is 24.3 Å². The van der Waals surface area contributed by atoms with Crippen LogP contribution in [-0.4, -0.2) is 48.8 Å². The van der Waals surface area contributed by atoms with Gasteiger partial charge in [0.25, 0.3) is 0 Å². The molecule has 1 aliphatic rings. The number of nitrogens with zero attached hydrogens (tertiary/aromatic N) is 2. The molecule has 0 spiro atoms. The van der Waals surface area contributed by atoms with Crippen LogP contribution in [0.1, 0.15) is 18.4 Å². The largest absolute Gasteiger partial charge is 0.395 e. The van der Waals surface area contributed by atoms with Gasteiger partial charge in [-0.05, 0) is 56.1 Å². The van der Waals surface area contributed by atoms with Gasteiger partial charge in [-0.25, -0.2) is 4.79 Å². The normalized spacial score (nSPS) is 16.0. The first kappa shape index (κ1) is 16.3. The van der Waals surface area contributed by atoms with Gasteiger partial charge in [-0.15, -0.1) is 0 Å². The molecule has 0 unspecified atom stereocenters. The predicted molar refractivity (Wildman–Crippen MR) is 84.4 cm³/mol. The molecule has 6 heteroatoms. The zero-order valence-electron chi connectivity index (χ0n) is 12.6. The summed E-state index contributed by atoms with van der Waals surface area (Å²) in [5.74, 6) is 0.488. The van der Waals surface area contributed by atoms with Crippen LogP contribution in [0.4, 0.5) is 10.5 Å². The minimum atomic E-state index is -0.220. The summed E-state index contributed by atoms with van der Waals surface area (Å²) in [6.45, 7) is 3.55. The van der Waals surface area contributed by atoms with Crippen LogP contribution in [0.5, 0.6) is 0 Å². The van der Waals surface area contributed by atoms with Crippen molar-refractivity contribution >= 4 is 11.7 Å². The number of benzene rings is 1. The van der Waals surface area contributed by atoms with Crippen molar-refractivity contribution in [2.24, 2.45) is 5.92 Å². The lowest BCUT2D eigenvalue weighted by Crippen LogP contribution is -2.40. The van der Waals surface area contributed by atoms with Crippen molar-refractivity contribution in [2.45, 2.75) is 12.8 Å². The second-order valence-electron chi connectivity index (χ2n) is 5.53. The van der Waals surface area contributed by atoms with E-state index in [4.69, 9.17) is 10.4 Å². The van der Waals surface area contributed by atoms with Crippen LogP contribution in [0.25, 0.3) is 0 Å². The monoisotopic (exact) mass is 302 g/mol. The molecule has 2 amide bonds. The number of aliphatic hydroxyl groups excluding tert-OH is 1. The number of anilines is 1. The summed E-state index contributed by atoms with van der Waals surface area (Å²) in [5.41, 5.74) is 1.25. The van der Waals surface area contributed by atoms with Crippen LogP contribution in [-0.2, 0) is 0 Å². The molecule has 0 radical (unpaired) electrons. The lowest BCUT2D eigenvalue weighted by molar-refractivity contribution is 0.147. The molecule has 6 nitrogen and oxygen atoms in total. The number of hydrogen-bond donors (Lipinski definition) is 3. The highest BCUT2D eigenvalue weighted by molar-refractivity contribution is 5.89. The summed E-state index contributed by atoms with van der Waals surface area (Å²) in [6, 6.07) is 8.59. The van der Waals surface area contributed by atoms with Crippen molar-refractivity contribution in [1.29, 1.82) is 5.26 Å². The Labute approximate surface area is 130 Å². The van der Waals surface area contributed by atoms with Crippen LogP contribution >= 0.6 is 0 Å². The first-order valence-corrected chi connectivity index (χ1v) is 7.59. The molecular formula is C16H22N4O2. The third-order valence-electron chi connectivity index (χ3n) is 3.95. The lowest BCUT2D eigenvalue weighted by Gasteiger charge is -2.31. The van der Waals surface area contributed by atoms with Crippen LogP contribution in [0.3, 0.4) is 0 Å². The Balaban J connectivity index is 1.68. The molecule has 0 aliphatic carbocycles. The molecule has 3 N–H and O–H groups in total. The van der Waals surface area contributed by atoms with Crippen molar-refractivity contribution in [3.63, 3.8) is 0 Å². The smallest absolute Gasteiger partial charge is 0.319 e. The van der Waals surface area contributed by atoms with Gasteiger partial charge in [0.1, 0.15) is 0 Å². The second kappa shape index (κ2) is 8.37. The fourth-order valence-corrected chi connectivity index (χ4v) is 2.60. The number of rotatable bonds is 5. The number of hydrogen-bond acceptors (Lipinski definition) is 4. The van der Waals surface area contributed by atoms with E-state index in [0.717, 1.165) is 32.5 Å². The number of likely N-dealkylation sites (tertiary alicyclic amines) is 1. The number of aliphatic hydroxyl groups is 1. The highest BCUT2D eigenvalue weighted by Gasteiger charge is 2.19. The highest BCUT2D eigenvalue weighted by atomic mass is 16.3. The summed E-state index contributed by atoms with van der Waals surface area (Å²) >= 11 is 0. The summed E-state index contributed by atoms with van der Waals surface area (Å²) in [6.07, 6.45) is 2.08. The van der Waals surface area contributed by atoms with Crippen molar-refractivity contribution in [3.05, 3.63) is 29.8 Å². The van der Waals surface area contributed by atoms with E-state index in [1.807, 2.05) is 6.07 Å². The van der Waals surface area contributed by atoms with Crippen molar-refractivity contribution in [1.82, 2.24) is 10.2 Å². The second-order valence-corrected chi connectivity index (χ2v) is 5.53. The number of amides is 2. The average molecular weight is 302 g/mol. The quantitative estimate of drug-likeness (QED) is 0.767. The number of piperidine rings is 1. The Hall–Kier alpha value is -2.10. The zero-order chi connectivity index (χ0) is 15.8. The summed E-state index contributed by atoms with van der Waals surface area (Å²) in [4.78, 5) is 14.1. The third-order valence-corrected chi connectivity index (χ3v) is 3.95. The van der Waals surface area contributed by atoms with Gasteiger partial charge in [0, 0.05) is 18.8 Å². The average Bonchev–Trinajstić information content (AvgIpc) is 2.55. The minimum Gasteiger partial charge on any atom is -0.395 e. The Morgan fingerprint density at radius 1 is 1.32 bits per heavy atom. The van der Waals surface area contributed by atoms with E-state index in [-0.39, 0.29) is 12.6 Å². The SMILES string of the molecule is N#Cc1ccc(NC(=O)NCC2CCN(CCO)CC2)cc1. The van der Waals surface area contributed by atoms with Gasteiger partial charge in [-0.3, -0.25) is 0 Å². The van der Waals surface area contributed by atoms with E-state index < -0.39 is 0 Å². The maximum Gasteiger partial charge on any atom is 0.319 e. The lowest BCUT2D eigenvalue weighted by atomic mass is 9.97. The molecule has 1 fully saturated rings. The van der Waals surface area contributed by atoms with Gasteiger partial charge in [0.15, 0.2) is 0 Å². The molecule has 0 atom stereocenters. The molecule has 2 rings (SSSR count). The van der Waals surface area contributed by atoms with E-state index in [0.29, 0.717) is 23.7 Å². The molecule has 1 aliphatic heterocycles. The molecule has 22 heavy (non-hydrogen) atoms. The van der Waals surface area contributed by atoms with Gasteiger partial charge < -0.3 is 20.6 Å². The maximum absolute atomic E-state index is 11.8. The number of carbonyl (C=O) groups is 1. The first-order valence-electron chi connectivity index (χ1n) is 7.59. The standard InChI is InChI=1S/C16H22N4O2/c17-11-13-1-3-15(4-2-13)19-16(22)18-12-14-5-7-20(8-6-14)9-10-21/h1-4,14,21H,5-10,12H2,(H2,18,19,22). The van der Waals surface area contributed by atoms with Gasteiger partial charge in [-0.1, -0.05) is 0 Å². The van der Waals surface area contributed by atoms with Crippen LogP contribution in [0.2, 0.25) is 0 Å². The number of nitrogens with one attached hydrogen (secondary N) is 2. The van der Waals surface area contributed by atoms with Gasteiger partial charge in [-0.2, -0.15) is 5.26 Å². The number of carbonyl (C=O) groups excluding carboxylic acids is 1. The third kappa shape index (κ3) is 5.02. The van der Waals surface area contributed by atoms with Gasteiger partial charge in [0.2, 0.25) is 0 Å². The molecule has 1 heterocycles. The molecule has 0 saturated carbocycles. The molecule has 1 aromatic carbocycles. The molecule has 1 aromatic rings.